The Bertz CT molecular complexity index is 525. The van der Waals surface area contributed by atoms with Crippen LogP contribution in [0.25, 0.3) is 0 Å². The number of amides is 1. The van der Waals surface area contributed by atoms with E-state index in [1.807, 2.05) is 0 Å². The average molecular weight is 291 g/mol. The van der Waals surface area contributed by atoms with E-state index in [9.17, 15) is 14.7 Å². The van der Waals surface area contributed by atoms with Gasteiger partial charge in [-0.15, -0.1) is 0 Å². The minimum atomic E-state index is -0.801. The second-order valence-corrected chi connectivity index (χ2v) is 5.55. The quantitative estimate of drug-likeness (QED) is 0.772. The van der Waals surface area contributed by atoms with Crippen LogP contribution in [-0.2, 0) is 4.79 Å². The van der Waals surface area contributed by atoms with Crippen LogP contribution in [0.4, 0.5) is 5.69 Å². The molecule has 2 rings (SSSR count). The lowest BCUT2D eigenvalue weighted by atomic mass is 9.79. The minimum absolute atomic E-state index is 0.0879. The highest BCUT2D eigenvalue weighted by Gasteiger charge is 2.34. The van der Waals surface area contributed by atoms with Crippen LogP contribution in [0.3, 0.4) is 0 Å². The number of rotatable bonds is 5. The number of pyridine rings is 1. The second-order valence-electron chi connectivity index (χ2n) is 5.55. The molecule has 0 aliphatic heterocycles. The number of carboxylic acids is 1. The van der Waals surface area contributed by atoms with Crippen molar-refractivity contribution in [1.82, 2.24) is 10.3 Å². The van der Waals surface area contributed by atoms with Crippen LogP contribution < -0.4 is 10.6 Å². The van der Waals surface area contributed by atoms with E-state index in [-0.39, 0.29) is 12.3 Å². The van der Waals surface area contributed by atoms with Crippen molar-refractivity contribution in [3.05, 3.63) is 24.0 Å². The molecule has 1 saturated carbocycles. The molecule has 0 aromatic carbocycles. The number of hydrogen-bond acceptors (Lipinski definition) is 4. The van der Waals surface area contributed by atoms with Crippen molar-refractivity contribution in [3.63, 3.8) is 0 Å². The van der Waals surface area contributed by atoms with Gasteiger partial charge in [-0.2, -0.15) is 0 Å². The van der Waals surface area contributed by atoms with E-state index < -0.39 is 11.5 Å². The van der Waals surface area contributed by atoms with Gasteiger partial charge < -0.3 is 15.7 Å². The molecule has 0 bridgehead atoms. The van der Waals surface area contributed by atoms with E-state index in [0.29, 0.717) is 5.69 Å². The highest BCUT2D eigenvalue weighted by Crippen LogP contribution is 2.34. The topological polar surface area (TPSA) is 91.3 Å². The van der Waals surface area contributed by atoms with Gasteiger partial charge >= 0.3 is 5.97 Å². The Labute approximate surface area is 124 Å². The van der Waals surface area contributed by atoms with Crippen molar-refractivity contribution < 1.29 is 14.7 Å². The average Bonchev–Trinajstić information content (AvgIpc) is 2.46. The molecule has 1 fully saturated rings. The van der Waals surface area contributed by atoms with Crippen LogP contribution >= 0.6 is 0 Å². The third-order valence-corrected chi connectivity index (χ3v) is 3.93. The molecule has 0 spiro atoms. The molecule has 0 saturated heterocycles. The Balaban J connectivity index is 2.20. The summed E-state index contributed by atoms with van der Waals surface area (Å²) in [6.07, 6.45) is 6.49. The number of carboxylic acid groups (broad SMARTS) is 1. The molecular formula is C15H21N3O3. The molecule has 1 aromatic rings. The summed E-state index contributed by atoms with van der Waals surface area (Å²) >= 11 is 0. The number of anilines is 1. The van der Waals surface area contributed by atoms with Crippen LogP contribution in [-0.4, -0.2) is 34.6 Å². The Morgan fingerprint density at radius 2 is 2.05 bits per heavy atom. The molecule has 1 heterocycles. The van der Waals surface area contributed by atoms with Gasteiger partial charge in [0, 0.05) is 24.5 Å². The minimum Gasteiger partial charge on any atom is -0.481 e. The lowest BCUT2D eigenvalue weighted by Crippen LogP contribution is -2.42. The fourth-order valence-electron chi connectivity index (χ4n) is 2.93. The Morgan fingerprint density at radius 3 is 2.67 bits per heavy atom. The van der Waals surface area contributed by atoms with Gasteiger partial charge in [0.15, 0.2) is 0 Å². The molecule has 0 radical (unpaired) electrons. The normalized spacial score (nSPS) is 17.0. The third kappa shape index (κ3) is 3.93. The molecule has 21 heavy (non-hydrogen) atoms. The molecule has 1 aliphatic carbocycles. The van der Waals surface area contributed by atoms with E-state index in [4.69, 9.17) is 0 Å². The van der Waals surface area contributed by atoms with Gasteiger partial charge in [0.25, 0.3) is 5.91 Å². The third-order valence-electron chi connectivity index (χ3n) is 3.93. The van der Waals surface area contributed by atoms with Gasteiger partial charge in [-0.3, -0.25) is 14.6 Å². The van der Waals surface area contributed by atoms with Crippen LogP contribution in [0.5, 0.6) is 0 Å². The number of nitrogens with zero attached hydrogens (tertiary/aromatic N) is 1. The van der Waals surface area contributed by atoms with Gasteiger partial charge in [0.2, 0.25) is 0 Å². The van der Waals surface area contributed by atoms with Crippen molar-refractivity contribution in [2.24, 2.45) is 0 Å². The summed E-state index contributed by atoms with van der Waals surface area (Å²) in [5.41, 5.74) is 0.640. The highest BCUT2D eigenvalue weighted by molar-refractivity contribution is 5.92. The lowest BCUT2D eigenvalue weighted by molar-refractivity contribution is -0.138. The molecule has 1 aromatic heterocycles. The molecule has 6 heteroatoms. The molecule has 1 aliphatic rings. The highest BCUT2D eigenvalue weighted by atomic mass is 16.4. The van der Waals surface area contributed by atoms with Crippen molar-refractivity contribution in [3.8, 4) is 0 Å². The van der Waals surface area contributed by atoms with Gasteiger partial charge in [-0.25, -0.2) is 0 Å². The van der Waals surface area contributed by atoms with Crippen LogP contribution in [0, 0.1) is 0 Å². The zero-order valence-electron chi connectivity index (χ0n) is 12.2. The summed E-state index contributed by atoms with van der Waals surface area (Å²) in [5, 5.41) is 15.0. The SMILES string of the molecule is CNC(=O)c1cc(NC2(CC(=O)O)CCCCC2)ccn1. The summed E-state index contributed by atoms with van der Waals surface area (Å²) in [6.45, 7) is 0. The summed E-state index contributed by atoms with van der Waals surface area (Å²) in [5.74, 6) is -1.06. The van der Waals surface area contributed by atoms with Crippen LogP contribution in [0.1, 0.15) is 49.0 Å². The first-order valence-electron chi connectivity index (χ1n) is 7.23. The van der Waals surface area contributed by atoms with E-state index >= 15 is 0 Å². The maximum Gasteiger partial charge on any atom is 0.305 e. The summed E-state index contributed by atoms with van der Waals surface area (Å²) in [6, 6.07) is 3.43. The molecule has 114 valence electrons. The Morgan fingerprint density at radius 1 is 1.33 bits per heavy atom. The van der Waals surface area contributed by atoms with Gasteiger partial charge in [0.05, 0.1) is 6.42 Å². The van der Waals surface area contributed by atoms with Crippen molar-refractivity contribution in [2.45, 2.75) is 44.1 Å². The predicted molar refractivity (Wildman–Crippen MR) is 79.3 cm³/mol. The van der Waals surface area contributed by atoms with Crippen LogP contribution in [0.15, 0.2) is 18.3 Å². The monoisotopic (exact) mass is 291 g/mol. The number of nitrogens with one attached hydrogen (secondary N) is 2. The lowest BCUT2D eigenvalue weighted by Gasteiger charge is -2.38. The van der Waals surface area contributed by atoms with E-state index in [1.165, 1.54) is 0 Å². The summed E-state index contributed by atoms with van der Waals surface area (Å²) < 4.78 is 0. The van der Waals surface area contributed by atoms with Gasteiger partial charge in [0.1, 0.15) is 5.69 Å². The zero-order valence-corrected chi connectivity index (χ0v) is 12.2. The first-order valence-corrected chi connectivity index (χ1v) is 7.23. The number of carbonyl (C=O) groups is 2. The van der Waals surface area contributed by atoms with E-state index in [2.05, 4.69) is 15.6 Å². The first-order chi connectivity index (χ1) is 10.0. The molecule has 0 unspecified atom stereocenters. The molecular weight excluding hydrogens is 270 g/mol. The summed E-state index contributed by atoms with van der Waals surface area (Å²) in [4.78, 5) is 26.8. The zero-order chi connectivity index (χ0) is 15.3. The maximum atomic E-state index is 11.6. The molecule has 3 N–H and O–H groups in total. The number of hydrogen-bond donors (Lipinski definition) is 3. The van der Waals surface area contributed by atoms with Gasteiger partial charge in [-0.1, -0.05) is 19.3 Å². The second kappa shape index (κ2) is 6.56. The molecule has 6 nitrogen and oxygen atoms in total. The number of aromatic nitrogens is 1. The van der Waals surface area contributed by atoms with Crippen molar-refractivity contribution >= 4 is 17.6 Å². The number of aliphatic carboxylic acids is 1. The number of carbonyl (C=O) groups excluding carboxylic acids is 1. The Hall–Kier alpha value is -2.11. The van der Waals surface area contributed by atoms with Crippen LogP contribution in [0.2, 0.25) is 0 Å². The maximum absolute atomic E-state index is 11.6. The largest absolute Gasteiger partial charge is 0.481 e. The van der Waals surface area contributed by atoms with Crippen molar-refractivity contribution in [1.29, 1.82) is 0 Å². The molecule has 1 amide bonds. The standard InChI is InChI=1S/C15H21N3O3/c1-16-14(21)12-9-11(5-8-17-12)18-15(10-13(19)20)6-3-2-4-7-15/h5,8-9H,2-4,6-7,10H2,1H3,(H,16,21)(H,17,18)(H,19,20). The van der Waals surface area contributed by atoms with E-state index in [1.54, 1.807) is 25.4 Å². The summed E-state index contributed by atoms with van der Waals surface area (Å²) in [7, 11) is 1.55. The van der Waals surface area contributed by atoms with Crippen molar-refractivity contribution in [2.75, 3.05) is 12.4 Å². The fourth-order valence-corrected chi connectivity index (χ4v) is 2.93. The fraction of sp³-hybridized carbons (Fsp3) is 0.533. The van der Waals surface area contributed by atoms with E-state index in [0.717, 1.165) is 37.8 Å². The Kier molecular flexibility index (Phi) is 4.77. The van der Waals surface area contributed by atoms with Gasteiger partial charge in [-0.05, 0) is 25.0 Å². The smallest absolute Gasteiger partial charge is 0.305 e. The first kappa shape index (κ1) is 15.3. The predicted octanol–water partition coefficient (Wildman–Crippen LogP) is 2.03. The molecule has 0 atom stereocenters.